The Bertz CT molecular complexity index is 945. The summed E-state index contributed by atoms with van der Waals surface area (Å²) in [4.78, 5) is 46.4. The van der Waals surface area contributed by atoms with Gasteiger partial charge in [0.15, 0.2) is 6.10 Å². The minimum atomic E-state index is -1.22. The van der Waals surface area contributed by atoms with Crippen molar-refractivity contribution in [3.63, 3.8) is 0 Å². The van der Waals surface area contributed by atoms with E-state index in [1.165, 1.54) is 13.0 Å². The molecule has 0 aliphatic rings. The van der Waals surface area contributed by atoms with Crippen LogP contribution in [-0.4, -0.2) is 36.0 Å². The number of nitro groups is 1. The monoisotopic (exact) mass is 406 g/mol. The molecule has 1 N–H and O–H groups in total. The second-order valence-corrected chi connectivity index (χ2v) is 6.00. The van der Waals surface area contributed by atoms with Crippen molar-refractivity contribution in [3.8, 4) is 0 Å². The summed E-state index contributed by atoms with van der Waals surface area (Å²) >= 11 is 5.84. The molecule has 0 aliphatic heterocycles. The van der Waals surface area contributed by atoms with Crippen molar-refractivity contribution < 1.29 is 28.8 Å². The molecule has 28 heavy (non-hydrogen) atoms. The molecule has 0 radical (unpaired) electrons. The molecular formula is C18H15ClN2O7. The average Bonchev–Trinajstić information content (AvgIpc) is 2.66. The standard InChI is InChI=1S/C18H15ClN2O7/c1-10(16(22)20-14-5-3-4-13(19)9-14)28-18(24)12-6-11(17(23)27-2)7-15(8-12)21(25)26/h3-10H,1-2H3,(H,20,22)/t10-/m1/s1. The predicted molar refractivity (Wildman–Crippen MR) is 99.4 cm³/mol. The molecular weight excluding hydrogens is 392 g/mol. The van der Waals surface area contributed by atoms with E-state index in [4.69, 9.17) is 16.3 Å². The SMILES string of the molecule is COC(=O)c1cc(C(=O)O[C@H](C)C(=O)Nc2cccc(Cl)c2)cc([N+](=O)[O-])c1. The maximum absolute atomic E-state index is 12.3. The Morgan fingerprint density at radius 3 is 2.32 bits per heavy atom. The number of nitrogens with one attached hydrogen (secondary N) is 1. The number of halogens is 1. The van der Waals surface area contributed by atoms with Crippen LogP contribution in [0.2, 0.25) is 5.02 Å². The number of hydrogen-bond donors (Lipinski definition) is 1. The van der Waals surface area contributed by atoms with Gasteiger partial charge in [-0.3, -0.25) is 14.9 Å². The van der Waals surface area contributed by atoms with Crippen LogP contribution in [0.25, 0.3) is 0 Å². The normalized spacial score (nSPS) is 11.2. The van der Waals surface area contributed by atoms with E-state index in [1.54, 1.807) is 18.2 Å². The van der Waals surface area contributed by atoms with E-state index in [-0.39, 0.29) is 11.1 Å². The zero-order valence-corrected chi connectivity index (χ0v) is 15.6. The maximum atomic E-state index is 12.3. The van der Waals surface area contributed by atoms with Gasteiger partial charge in [0.25, 0.3) is 11.6 Å². The molecule has 0 aromatic heterocycles. The Hall–Kier alpha value is -3.46. The topological polar surface area (TPSA) is 125 Å². The molecule has 0 unspecified atom stereocenters. The lowest BCUT2D eigenvalue weighted by Crippen LogP contribution is -2.30. The number of ether oxygens (including phenoxy) is 2. The maximum Gasteiger partial charge on any atom is 0.339 e. The Morgan fingerprint density at radius 1 is 1.11 bits per heavy atom. The van der Waals surface area contributed by atoms with Crippen molar-refractivity contribution in [2.24, 2.45) is 0 Å². The first-order chi connectivity index (χ1) is 13.2. The molecule has 2 rings (SSSR count). The largest absolute Gasteiger partial charge is 0.465 e. The lowest BCUT2D eigenvalue weighted by Gasteiger charge is -2.14. The fourth-order valence-corrected chi connectivity index (χ4v) is 2.35. The van der Waals surface area contributed by atoms with Gasteiger partial charge in [0.1, 0.15) is 0 Å². The number of nitrogens with zero attached hydrogens (tertiary/aromatic N) is 1. The Labute approximate surface area is 164 Å². The summed E-state index contributed by atoms with van der Waals surface area (Å²) in [7, 11) is 1.10. The third-order valence-corrected chi connectivity index (χ3v) is 3.77. The summed E-state index contributed by atoms with van der Waals surface area (Å²) in [6.07, 6.45) is -1.22. The number of rotatable bonds is 6. The molecule has 0 spiro atoms. The molecule has 2 aromatic rings. The van der Waals surface area contributed by atoms with Gasteiger partial charge in [-0.25, -0.2) is 9.59 Å². The van der Waals surface area contributed by atoms with Crippen LogP contribution in [0.4, 0.5) is 11.4 Å². The summed E-state index contributed by atoms with van der Waals surface area (Å²) in [6.45, 7) is 1.33. The number of amides is 1. The van der Waals surface area contributed by atoms with Crippen LogP contribution >= 0.6 is 11.6 Å². The Balaban J connectivity index is 2.16. The summed E-state index contributed by atoms with van der Waals surface area (Å²) in [5, 5.41) is 14.0. The highest BCUT2D eigenvalue weighted by molar-refractivity contribution is 6.30. The highest BCUT2D eigenvalue weighted by atomic mass is 35.5. The molecule has 146 valence electrons. The van der Waals surface area contributed by atoms with Crippen molar-refractivity contribution in [2.75, 3.05) is 12.4 Å². The molecule has 1 amide bonds. The van der Waals surface area contributed by atoms with E-state index in [9.17, 15) is 24.5 Å². The zero-order chi connectivity index (χ0) is 20.8. The third-order valence-electron chi connectivity index (χ3n) is 3.53. The highest BCUT2D eigenvalue weighted by Gasteiger charge is 2.23. The number of carbonyl (C=O) groups excluding carboxylic acids is 3. The van der Waals surface area contributed by atoms with Crippen LogP contribution < -0.4 is 5.32 Å². The van der Waals surface area contributed by atoms with E-state index in [1.807, 2.05) is 0 Å². The van der Waals surface area contributed by atoms with Crippen LogP contribution in [0, 0.1) is 10.1 Å². The van der Waals surface area contributed by atoms with Crippen molar-refractivity contribution in [1.29, 1.82) is 0 Å². The molecule has 0 aliphatic carbocycles. The molecule has 9 nitrogen and oxygen atoms in total. The first-order valence-electron chi connectivity index (χ1n) is 7.86. The second kappa shape index (κ2) is 8.96. The first kappa shape index (κ1) is 20.8. The van der Waals surface area contributed by atoms with Gasteiger partial charge in [0.2, 0.25) is 0 Å². The van der Waals surface area contributed by atoms with E-state index in [2.05, 4.69) is 10.1 Å². The van der Waals surface area contributed by atoms with E-state index >= 15 is 0 Å². The van der Waals surface area contributed by atoms with Gasteiger partial charge >= 0.3 is 11.9 Å². The smallest absolute Gasteiger partial charge is 0.339 e. The number of hydrogen-bond acceptors (Lipinski definition) is 7. The van der Waals surface area contributed by atoms with Crippen molar-refractivity contribution in [2.45, 2.75) is 13.0 Å². The number of nitro benzene ring substituents is 1. The van der Waals surface area contributed by atoms with Gasteiger partial charge in [-0.15, -0.1) is 0 Å². The summed E-state index contributed by atoms with van der Waals surface area (Å²) < 4.78 is 9.56. The minimum absolute atomic E-state index is 0.195. The molecule has 0 saturated carbocycles. The minimum Gasteiger partial charge on any atom is -0.465 e. The van der Waals surface area contributed by atoms with Gasteiger partial charge < -0.3 is 14.8 Å². The predicted octanol–water partition coefficient (Wildman–Crippen LogP) is 3.22. The Kier molecular flexibility index (Phi) is 6.67. The molecule has 0 bridgehead atoms. The molecule has 2 aromatic carbocycles. The quantitative estimate of drug-likeness (QED) is 0.443. The van der Waals surface area contributed by atoms with E-state index in [0.29, 0.717) is 10.7 Å². The molecule has 0 saturated heterocycles. The number of methoxy groups -OCH3 is 1. The van der Waals surface area contributed by atoms with Gasteiger partial charge in [0, 0.05) is 22.8 Å². The van der Waals surface area contributed by atoms with E-state index < -0.39 is 34.6 Å². The highest BCUT2D eigenvalue weighted by Crippen LogP contribution is 2.20. The molecule has 0 fully saturated rings. The number of carbonyl (C=O) groups is 3. The third kappa shape index (κ3) is 5.27. The first-order valence-corrected chi connectivity index (χ1v) is 8.24. The lowest BCUT2D eigenvalue weighted by atomic mass is 10.1. The van der Waals surface area contributed by atoms with Gasteiger partial charge in [-0.1, -0.05) is 17.7 Å². The summed E-state index contributed by atoms with van der Waals surface area (Å²) in [6, 6.07) is 9.36. The van der Waals surface area contributed by atoms with E-state index in [0.717, 1.165) is 25.3 Å². The Morgan fingerprint density at radius 2 is 1.75 bits per heavy atom. The van der Waals surface area contributed by atoms with Crippen molar-refractivity contribution in [3.05, 3.63) is 68.7 Å². The van der Waals surface area contributed by atoms with Gasteiger partial charge in [-0.05, 0) is 31.2 Å². The number of benzene rings is 2. The van der Waals surface area contributed by atoms with Crippen molar-refractivity contribution >= 4 is 40.8 Å². The fourth-order valence-electron chi connectivity index (χ4n) is 2.16. The van der Waals surface area contributed by atoms with Crippen molar-refractivity contribution in [1.82, 2.24) is 0 Å². The number of anilines is 1. The van der Waals surface area contributed by atoms with Gasteiger partial charge in [0.05, 0.1) is 23.2 Å². The second-order valence-electron chi connectivity index (χ2n) is 5.56. The van der Waals surface area contributed by atoms with Crippen LogP contribution in [-0.2, 0) is 14.3 Å². The fraction of sp³-hybridized carbons (Fsp3) is 0.167. The molecule has 0 heterocycles. The van der Waals surface area contributed by atoms with Gasteiger partial charge in [-0.2, -0.15) is 0 Å². The lowest BCUT2D eigenvalue weighted by molar-refractivity contribution is -0.384. The van der Waals surface area contributed by atoms with Crippen LogP contribution in [0.1, 0.15) is 27.6 Å². The average molecular weight is 407 g/mol. The summed E-state index contributed by atoms with van der Waals surface area (Å²) in [5.74, 6) is -2.50. The van der Waals surface area contributed by atoms with Crippen LogP contribution in [0.5, 0.6) is 0 Å². The number of esters is 2. The zero-order valence-electron chi connectivity index (χ0n) is 14.8. The number of non-ortho nitro benzene ring substituents is 1. The molecule has 10 heteroatoms. The van der Waals surface area contributed by atoms with Crippen LogP contribution in [0.3, 0.4) is 0 Å². The van der Waals surface area contributed by atoms with Crippen LogP contribution in [0.15, 0.2) is 42.5 Å². The summed E-state index contributed by atoms with van der Waals surface area (Å²) in [5.41, 5.74) is -0.550. The molecule has 1 atom stereocenters.